The predicted molar refractivity (Wildman–Crippen MR) is 103 cm³/mol. The molecule has 2 amide bonds. The Labute approximate surface area is 158 Å². The third-order valence-corrected chi connectivity index (χ3v) is 4.97. The number of rotatable bonds is 3. The minimum Gasteiger partial charge on any atom is -0.480 e. The maximum atomic E-state index is 12.7. The summed E-state index contributed by atoms with van der Waals surface area (Å²) in [5.41, 5.74) is 2.22. The summed E-state index contributed by atoms with van der Waals surface area (Å²) in [5, 5.41) is 6.21. The first kappa shape index (κ1) is 17.5. The number of hydrogen-bond acceptors (Lipinski definition) is 4. The zero-order valence-corrected chi connectivity index (χ0v) is 15.3. The van der Waals surface area contributed by atoms with Gasteiger partial charge in [-0.1, -0.05) is 24.3 Å². The molecule has 0 aromatic heterocycles. The number of para-hydroxylation sites is 1. The van der Waals surface area contributed by atoms with Crippen LogP contribution in [0.25, 0.3) is 0 Å². The molecule has 1 fully saturated rings. The minimum atomic E-state index is -0.546. The maximum absolute atomic E-state index is 12.7. The van der Waals surface area contributed by atoms with Gasteiger partial charge in [-0.25, -0.2) is 0 Å². The quantitative estimate of drug-likeness (QED) is 0.874. The van der Waals surface area contributed by atoms with Crippen LogP contribution in [0.1, 0.15) is 22.8 Å². The average Bonchev–Trinajstić information content (AvgIpc) is 3.12. The first-order valence-electron chi connectivity index (χ1n) is 9.28. The number of nitrogens with zero attached hydrogens (tertiary/aromatic N) is 1. The molecule has 0 saturated carbocycles. The SMILES string of the molecule is CC1CN(C(=O)c2cccc(NC(=O)C3Cc4ccccc4O3)c2)CCN1. The van der Waals surface area contributed by atoms with Crippen LogP contribution in [0.2, 0.25) is 0 Å². The third-order valence-electron chi connectivity index (χ3n) is 4.97. The van der Waals surface area contributed by atoms with E-state index in [-0.39, 0.29) is 17.9 Å². The Bertz CT molecular complexity index is 842. The van der Waals surface area contributed by atoms with Gasteiger partial charge >= 0.3 is 0 Å². The molecular weight excluding hydrogens is 342 g/mol. The molecule has 2 aromatic carbocycles. The van der Waals surface area contributed by atoms with Crippen molar-refractivity contribution in [2.24, 2.45) is 0 Å². The highest BCUT2D eigenvalue weighted by Crippen LogP contribution is 2.28. The predicted octanol–water partition coefficient (Wildman–Crippen LogP) is 2.06. The van der Waals surface area contributed by atoms with Crippen LogP contribution in [0, 0.1) is 0 Å². The first-order valence-corrected chi connectivity index (χ1v) is 9.28. The first-order chi connectivity index (χ1) is 13.1. The monoisotopic (exact) mass is 365 g/mol. The van der Waals surface area contributed by atoms with Crippen LogP contribution in [0.4, 0.5) is 5.69 Å². The van der Waals surface area contributed by atoms with Gasteiger partial charge in [0.05, 0.1) is 0 Å². The van der Waals surface area contributed by atoms with Crippen molar-refractivity contribution in [1.29, 1.82) is 0 Å². The lowest BCUT2D eigenvalue weighted by atomic mass is 10.1. The zero-order chi connectivity index (χ0) is 18.8. The number of benzene rings is 2. The van der Waals surface area contributed by atoms with E-state index >= 15 is 0 Å². The minimum absolute atomic E-state index is 0.0102. The summed E-state index contributed by atoms with van der Waals surface area (Å²) in [6.07, 6.45) is 0.00928. The van der Waals surface area contributed by atoms with E-state index < -0.39 is 6.10 Å². The third kappa shape index (κ3) is 3.80. The zero-order valence-electron chi connectivity index (χ0n) is 15.3. The summed E-state index contributed by atoms with van der Waals surface area (Å²) in [7, 11) is 0. The summed E-state index contributed by atoms with van der Waals surface area (Å²) in [4.78, 5) is 27.2. The van der Waals surface area contributed by atoms with Crippen molar-refractivity contribution in [3.63, 3.8) is 0 Å². The van der Waals surface area contributed by atoms with Gasteiger partial charge in [0.2, 0.25) is 0 Å². The van der Waals surface area contributed by atoms with E-state index in [9.17, 15) is 9.59 Å². The van der Waals surface area contributed by atoms with Crippen molar-refractivity contribution in [2.75, 3.05) is 25.0 Å². The second-order valence-corrected chi connectivity index (χ2v) is 7.09. The standard InChI is InChI=1S/C21H23N3O3/c1-14-13-24(10-9-22-14)21(26)16-6-4-7-17(11-16)23-20(25)19-12-15-5-2-3-8-18(15)27-19/h2-8,11,14,19,22H,9-10,12-13H2,1H3,(H,23,25). The summed E-state index contributed by atoms with van der Waals surface area (Å²) in [6, 6.07) is 15.1. The highest BCUT2D eigenvalue weighted by atomic mass is 16.5. The molecular formula is C21H23N3O3. The summed E-state index contributed by atoms with van der Waals surface area (Å²) in [5.74, 6) is 0.546. The van der Waals surface area contributed by atoms with E-state index in [1.165, 1.54) is 0 Å². The van der Waals surface area contributed by atoms with Crippen LogP contribution in [-0.4, -0.2) is 48.5 Å². The molecule has 0 spiro atoms. The molecule has 0 radical (unpaired) electrons. The van der Waals surface area contributed by atoms with E-state index in [1.807, 2.05) is 29.2 Å². The Balaban J connectivity index is 1.42. The van der Waals surface area contributed by atoms with Gasteiger partial charge < -0.3 is 20.3 Å². The van der Waals surface area contributed by atoms with Crippen molar-refractivity contribution in [3.05, 3.63) is 59.7 Å². The number of hydrogen-bond donors (Lipinski definition) is 2. The molecule has 2 aliphatic heterocycles. The van der Waals surface area contributed by atoms with Crippen molar-refractivity contribution < 1.29 is 14.3 Å². The molecule has 27 heavy (non-hydrogen) atoms. The van der Waals surface area contributed by atoms with Crippen LogP contribution >= 0.6 is 0 Å². The molecule has 2 atom stereocenters. The highest BCUT2D eigenvalue weighted by Gasteiger charge is 2.29. The summed E-state index contributed by atoms with van der Waals surface area (Å²) >= 11 is 0. The Morgan fingerprint density at radius 3 is 2.85 bits per heavy atom. The number of amides is 2. The lowest BCUT2D eigenvalue weighted by Gasteiger charge is -2.32. The Morgan fingerprint density at radius 2 is 2.04 bits per heavy atom. The van der Waals surface area contributed by atoms with Gasteiger partial charge in [0.15, 0.2) is 6.10 Å². The number of fused-ring (bicyclic) bond motifs is 1. The molecule has 1 saturated heterocycles. The molecule has 2 unspecified atom stereocenters. The van der Waals surface area contributed by atoms with E-state index in [0.29, 0.717) is 30.8 Å². The molecule has 140 valence electrons. The maximum Gasteiger partial charge on any atom is 0.265 e. The molecule has 0 aliphatic carbocycles. The Hall–Kier alpha value is -2.86. The van der Waals surface area contributed by atoms with Crippen LogP contribution in [0.15, 0.2) is 48.5 Å². The van der Waals surface area contributed by atoms with Gasteiger partial charge in [-0.15, -0.1) is 0 Å². The van der Waals surface area contributed by atoms with Gasteiger partial charge in [-0.2, -0.15) is 0 Å². The molecule has 2 N–H and O–H groups in total. The molecule has 2 heterocycles. The van der Waals surface area contributed by atoms with Gasteiger partial charge in [0, 0.05) is 43.3 Å². The number of nitrogens with one attached hydrogen (secondary N) is 2. The van der Waals surface area contributed by atoms with Gasteiger partial charge in [0.1, 0.15) is 5.75 Å². The number of carbonyl (C=O) groups is 2. The fourth-order valence-electron chi connectivity index (χ4n) is 3.58. The molecule has 0 bridgehead atoms. The van der Waals surface area contributed by atoms with E-state index in [0.717, 1.165) is 17.9 Å². The van der Waals surface area contributed by atoms with Gasteiger partial charge in [0.25, 0.3) is 11.8 Å². The van der Waals surface area contributed by atoms with Gasteiger partial charge in [-0.05, 0) is 36.8 Å². The van der Waals surface area contributed by atoms with Crippen molar-refractivity contribution in [3.8, 4) is 5.75 Å². The Morgan fingerprint density at radius 1 is 1.19 bits per heavy atom. The molecule has 2 aromatic rings. The number of ether oxygens (including phenoxy) is 1. The topological polar surface area (TPSA) is 70.7 Å². The van der Waals surface area contributed by atoms with Crippen molar-refractivity contribution >= 4 is 17.5 Å². The van der Waals surface area contributed by atoms with Crippen LogP contribution in [0.3, 0.4) is 0 Å². The number of anilines is 1. The Kier molecular flexibility index (Phi) is 4.81. The summed E-state index contributed by atoms with van der Waals surface area (Å²) < 4.78 is 5.73. The molecule has 6 nitrogen and oxygen atoms in total. The number of piperazine rings is 1. The smallest absolute Gasteiger partial charge is 0.265 e. The van der Waals surface area contributed by atoms with Crippen LogP contribution in [-0.2, 0) is 11.2 Å². The van der Waals surface area contributed by atoms with Crippen molar-refractivity contribution in [2.45, 2.75) is 25.5 Å². The fraction of sp³-hybridized carbons (Fsp3) is 0.333. The van der Waals surface area contributed by atoms with Crippen LogP contribution < -0.4 is 15.4 Å². The second kappa shape index (κ2) is 7.40. The summed E-state index contributed by atoms with van der Waals surface area (Å²) in [6.45, 7) is 4.23. The fourth-order valence-corrected chi connectivity index (χ4v) is 3.58. The largest absolute Gasteiger partial charge is 0.480 e. The molecule has 4 rings (SSSR count). The normalized spacial score (nSPS) is 21.3. The average molecular weight is 365 g/mol. The van der Waals surface area contributed by atoms with Crippen molar-refractivity contribution in [1.82, 2.24) is 10.2 Å². The van der Waals surface area contributed by atoms with Crippen LogP contribution in [0.5, 0.6) is 5.75 Å². The number of carbonyl (C=O) groups excluding carboxylic acids is 2. The van der Waals surface area contributed by atoms with E-state index in [1.54, 1.807) is 24.3 Å². The lowest BCUT2D eigenvalue weighted by Crippen LogP contribution is -2.51. The lowest BCUT2D eigenvalue weighted by molar-refractivity contribution is -0.122. The molecule has 2 aliphatic rings. The highest BCUT2D eigenvalue weighted by molar-refractivity contribution is 5.98. The van der Waals surface area contributed by atoms with E-state index in [2.05, 4.69) is 17.6 Å². The molecule has 6 heteroatoms. The second-order valence-electron chi connectivity index (χ2n) is 7.09. The van der Waals surface area contributed by atoms with Gasteiger partial charge in [-0.3, -0.25) is 9.59 Å². The van der Waals surface area contributed by atoms with E-state index in [4.69, 9.17) is 4.74 Å².